The molecule has 1 amide bonds. The molecule has 0 radical (unpaired) electrons. The number of hydrogen-bond donors (Lipinski definition) is 2. The monoisotopic (exact) mass is 269 g/mol. The third kappa shape index (κ3) is 4.65. The summed E-state index contributed by atoms with van der Waals surface area (Å²) in [6, 6.07) is 0. The molecule has 3 N–H and O–H groups in total. The summed E-state index contributed by atoms with van der Waals surface area (Å²) in [6.07, 6.45) is 1.74. The van der Waals surface area contributed by atoms with Gasteiger partial charge in [-0.05, 0) is 18.8 Å². The molecule has 1 unspecified atom stereocenters. The van der Waals surface area contributed by atoms with Crippen LogP contribution in [0.1, 0.15) is 12.8 Å². The van der Waals surface area contributed by atoms with Crippen molar-refractivity contribution in [2.75, 3.05) is 25.5 Å². The largest absolute Gasteiger partial charge is 0.341 e. The minimum atomic E-state index is -3.65. The van der Waals surface area contributed by atoms with Crippen LogP contribution in [0.2, 0.25) is 0 Å². The number of alkyl halides is 1. The predicted octanol–water partition coefficient (Wildman–Crippen LogP) is -0.743. The average molecular weight is 270 g/mol. The first-order chi connectivity index (χ1) is 7.42. The number of rotatable bonds is 4. The first-order valence-electron chi connectivity index (χ1n) is 5.03. The zero-order valence-electron chi connectivity index (χ0n) is 8.86. The van der Waals surface area contributed by atoms with E-state index < -0.39 is 10.2 Å². The predicted molar refractivity (Wildman–Crippen MR) is 61.1 cm³/mol. The third-order valence-corrected chi connectivity index (χ3v) is 3.36. The van der Waals surface area contributed by atoms with E-state index in [4.69, 9.17) is 16.7 Å². The van der Waals surface area contributed by atoms with E-state index in [1.54, 1.807) is 4.90 Å². The Morgan fingerprint density at radius 2 is 2.25 bits per heavy atom. The zero-order chi connectivity index (χ0) is 12.2. The van der Waals surface area contributed by atoms with Crippen LogP contribution in [0.3, 0.4) is 0 Å². The molecule has 0 aromatic heterocycles. The molecule has 0 aliphatic carbocycles. The first kappa shape index (κ1) is 13.7. The van der Waals surface area contributed by atoms with Crippen molar-refractivity contribution in [3.05, 3.63) is 0 Å². The number of amides is 1. The van der Waals surface area contributed by atoms with E-state index in [9.17, 15) is 13.2 Å². The standard InChI is InChI=1S/C8H16ClN3O3S/c9-4-8(13)12-3-1-2-7(6-12)5-11-16(10,14)15/h7,11H,1-6H2,(H2,10,14,15). The summed E-state index contributed by atoms with van der Waals surface area (Å²) in [4.78, 5) is 13.0. The van der Waals surface area contributed by atoms with Gasteiger partial charge in [-0.3, -0.25) is 4.79 Å². The Kier molecular flexibility index (Phi) is 4.97. The molecule has 1 aliphatic rings. The highest BCUT2D eigenvalue weighted by atomic mass is 35.5. The summed E-state index contributed by atoms with van der Waals surface area (Å²) >= 11 is 5.46. The topological polar surface area (TPSA) is 92.5 Å². The van der Waals surface area contributed by atoms with Crippen molar-refractivity contribution < 1.29 is 13.2 Å². The number of carbonyl (C=O) groups is 1. The van der Waals surface area contributed by atoms with E-state index >= 15 is 0 Å². The van der Waals surface area contributed by atoms with Crippen LogP contribution in [-0.2, 0) is 15.0 Å². The minimum Gasteiger partial charge on any atom is -0.341 e. The summed E-state index contributed by atoms with van der Waals surface area (Å²) in [5.74, 6) is -0.0313. The fraction of sp³-hybridized carbons (Fsp3) is 0.875. The number of hydrogen-bond acceptors (Lipinski definition) is 3. The third-order valence-electron chi connectivity index (χ3n) is 2.56. The van der Waals surface area contributed by atoms with Gasteiger partial charge < -0.3 is 4.90 Å². The summed E-state index contributed by atoms with van der Waals surface area (Å²) < 4.78 is 23.7. The number of nitrogens with one attached hydrogen (secondary N) is 1. The van der Waals surface area contributed by atoms with Gasteiger partial charge in [0, 0.05) is 19.6 Å². The van der Waals surface area contributed by atoms with Crippen molar-refractivity contribution >= 4 is 27.7 Å². The van der Waals surface area contributed by atoms with Gasteiger partial charge in [0.15, 0.2) is 0 Å². The van der Waals surface area contributed by atoms with Gasteiger partial charge in [-0.2, -0.15) is 8.42 Å². The van der Waals surface area contributed by atoms with Crippen molar-refractivity contribution in [1.29, 1.82) is 0 Å². The van der Waals surface area contributed by atoms with Gasteiger partial charge in [0.05, 0.1) is 0 Å². The lowest BCUT2D eigenvalue weighted by molar-refractivity contribution is -0.130. The van der Waals surface area contributed by atoms with Gasteiger partial charge in [0.2, 0.25) is 5.91 Å². The van der Waals surface area contributed by atoms with Crippen LogP contribution < -0.4 is 9.86 Å². The molecular formula is C8H16ClN3O3S. The Labute approximate surface area is 100 Å². The SMILES string of the molecule is NS(=O)(=O)NCC1CCCN(C(=O)CCl)C1. The molecule has 6 nitrogen and oxygen atoms in total. The molecule has 1 heterocycles. The lowest BCUT2D eigenvalue weighted by atomic mass is 9.98. The normalized spacial score (nSPS) is 22.1. The fourth-order valence-electron chi connectivity index (χ4n) is 1.78. The Hall–Kier alpha value is -0.370. The molecule has 0 saturated carbocycles. The van der Waals surface area contributed by atoms with E-state index in [1.165, 1.54) is 0 Å². The number of nitrogens with two attached hydrogens (primary N) is 1. The fourth-order valence-corrected chi connectivity index (χ4v) is 2.41. The van der Waals surface area contributed by atoms with E-state index in [0.29, 0.717) is 13.1 Å². The molecule has 0 spiro atoms. The Balaban J connectivity index is 2.42. The molecule has 0 aromatic rings. The highest BCUT2D eigenvalue weighted by Crippen LogP contribution is 2.16. The maximum atomic E-state index is 11.3. The van der Waals surface area contributed by atoms with Crippen molar-refractivity contribution in [2.24, 2.45) is 11.1 Å². The molecule has 0 aromatic carbocycles. The van der Waals surface area contributed by atoms with Gasteiger partial charge in [-0.25, -0.2) is 9.86 Å². The van der Waals surface area contributed by atoms with Gasteiger partial charge in [0.1, 0.15) is 5.88 Å². The second-order valence-electron chi connectivity index (χ2n) is 3.88. The quantitative estimate of drug-likeness (QED) is 0.658. The number of piperidine rings is 1. The zero-order valence-corrected chi connectivity index (χ0v) is 10.4. The highest BCUT2D eigenvalue weighted by Gasteiger charge is 2.23. The Morgan fingerprint density at radius 3 is 2.81 bits per heavy atom. The van der Waals surface area contributed by atoms with E-state index in [2.05, 4.69) is 4.72 Å². The van der Waals surface area contributed by atoms with Crippen molar-refractivity contribution in [3.63, 3.8) is 0 Å². The van der Waals surface area contributed by atoms with Gasteiger partial charge in [0.25, 0.3) is 10.2 Å². The van der Waals surface area contributed by atoms with E-state index in [-0.39, 0.29) is 24.2 Å². The second-order valence-corrected chi connectivity index (χ2v) is 5.52. The average Bonchev–Trinajstić information content (AvgIpc) is 2.25. The smallest absolute Gasteiger partial charge is 0.274 e. The maximum absolute atomic E-state index is 11.3. The lowest BCUT2D eigenvalue weighted by Gasteiger charge is -2.32. The van der Waals surface area contributed by atoms with Crippen LogP contribution in [0.15, 0.2) is 0 Å². The summed E-state index contributed by atoms with van der Waals surface area (Å²) in [7, 11) is -3.65. The Morgan fingerprint density at radius 1 is 1.56 bits per heavy atom. The van der Waals surface area contributed by atoms with Crippen molar-refractivity contribution in [1.82, 2.24) is 9.62 Å². The maximum Gasteiger partial charge on any atom is 0.274 e. The van der Waals surface area contributed by atoms with Crippen LogP contribution in [0.5, 0.6) is 0 Å². The summed E-state index contributed by atoms with van der Waals surface area (Å²) in [5, 5.41) is 4.83. The van der Waals surface area contributed by atoms with Crippen LogP contribution in [-0.4, -0.2) is 44.7 Å². The second kappa shape index (κ2) is 5.81. The number of nitrogens with zero attached hydrogens (tertiary/aromatic N) is 1. The molecule has 1 saturated heterocycles. The number of likely N-dealkylation sites (tertiary alicyclic amines) is 1. The molecule has 1 fully saturated rings. The molecule has 1 aliphatic heterocycles. The van der Waals surface area contributed by atoms with Crippen LogP contribution in [0, 0.1) is 5.92 Å². The lowest BCUT2D eigenvalue weighted by Crippen LogP contribution is -2.45. The molecule has 94 valence electrons. The van der Waals surface area contributed by atoms with Crippen molar-refractivity contribution in [2.45, 2.75) is 12.8 Å². The van der Waals surface area contributed by atoms with Crippen LogP contribution >= 0.6 is 11.6 Å². The summed E-state index contributed by atoms with van der Waals surface area (Å²) in [5.41, 5.74) is 0. The van der Waals surface area contributed by atoms with E-state index in [1.807, 2.05) is 0 Å². The van der Waals surface area contributed by atoms with Gasteiger partial charge >= 0.3 is 0 Å². The molecule has 0 bridgehead atoms. The molecular weight excluding hydrogens is 254 g/mol. The Bertz CT molecular complexity index is 346. The van der Waals surface area contributed by atoms with Gasteiger partial charge in [-0.1, -0.05) is 0 Å². The molecule has 1 atom stereocenters. The van der Waals surface area contributed by atoms with E-state index in [0.717, 1.165) is 12.8 Å². The molecule has 8 heteroatoms. The van der Waals surface area contributed by atoms with Gasteiger partial charge in [-0.15, -0.1) is 11.6 Å². The molecule has 16 heavy (non-hydrogen) atoms. The number of carbonyl (C=O) groups excluding carboxylic acids is 1. The minimum absolute atomic E-state index is 0.0324. The molecule has 1 rings (SSSR count). The van der Waals surface area contributed by atoms with Crippen molar-refractivity contribution in [3.8, 4) is 0 Å². The first-order valence-corrected chi connectivity index (χ1v) is 7.11. The summed E-state index contributed by atoms with van der Waals surface area (Å²) in [6.45, 7) is 1.50. The van der Waals surface area contributed by atoms with Crippen LogP contribution in [0.4, 0.5) is 0 Å². The van der Waals surface area contributed by atoms with Crippen LogP contribution in [0.25, 0.3) is 0 Å². The number of halogens is 1. The highest BCUT2D eigenvalue weighted by molar-refractivity contribution is 7.87.